The van der Waals surface area contributed by atoms with Crippen LogP contribution in [0.5, 0.6) is 23.0 Å². The van der Waals surface area contributed by atoms with Gasteiger partial charge in [-0.1, -0.05) is 71.8 Å². The van der Waals surface area contributed by atoms with E-state index in [-0.39, 0.29) is 0 Å². The van der Waals surface area contributed by atoms with Crippen LogP contribution in [0.25, 0.3) is 0 Å². The largest absolute Gasteiger partial charge is 0.493 e. The number of ether oxygens (including phenoxy) is 4. The second-order valence-electron chi connectivity index (χ2n) is 8.88. The van der Waals surface area contributed by atoms with Crippen molar-refractivity contribution >= 4 is 23.7 Å². The van der Waals surface area contributed by atoms with E-state index < -0.39 is 5.91 Å². The molecule has 4 aromatic rings. The minimum absolute atomic E-state index is 0.350. The van der Waals surface area contributed by atoms with Crippen molar-refractivity contribution in [3.8, 4) is 23.0 Å². The summed E-state index contributed by atoms with van der Waals surface area (Å²) in [7, 11) is 1.53. The first kappa shape index (κ1) is 28.5. The Morgan fingerprint density at radius 1 is 0.850 bits per heavy atom. The molecule has 0 spiro atoms. The lowest BCUT2D eigenvalue weighted by Crippen LogP contribution is -2.17. The van der Waals surface area contributed by atoms with E-state index in [1.165, 1.54) is 18.9 Å². The van der Waals surface area contributed by atoms with Gasteiger partial charge in [-0.3, -0.25) is 4.79 Å². The predicted molar refractivity (Wildman–Crippen MR) is 157 cm³/mol. The van der Waals surface area contributed by atoms with Crippen LogP contribution in [0, 0.1) is 6.92 Å². The fraction of sp³-hybridized carbons (Fsp3) is 0.188. The molecule has 0 heterocycles. The zero-order valence-corrected chi connectivity index (χ0v) is 23.4. The summed E-state index contributed by atoms with van der Waals surface area (Å²) < 4.78 is 23.0. The Bertz CT molecular complexity index is 1460. The predicted octanol–water partition coefficient (Wildman–Crippen LogP) is 6.98. The van der Waals surface area contributed by atoms with Gasteiger partial charge in [-0.05, 0) is 60.9 Å². The molecule has 4 aromatic carbocycles. The number of methoxy groups -OCH3 is 1. The first-order valence-electron chi connectivity index (χ1n) is 12.8. The molecule has 0 unspecified atom stereocenters. The maximum Gasteiger partial charge on any atom is 0.271 e. The smallest absolute Gasteiger partial charge is 0.271 e. The van der Waals surface area contributed by atoms with Crippen molar-refractivity contribution < 1.29 is 23.7 Å². The monoisotopic (exact) mass is 558 g/mol. The summed E-state index contributed by atoms with van der Waals surface area (Å²) in [5.74, 6) is 1.52. The molecule has 206 valence electrons. The highest BCUT2D eigenvalue weighted by Gasteiger charge is 2.14. The number of amides is 1. The van der Waals surface area contributed by atoms with Gasteiger partial charge in [0.25, 0.3) is 5.91 Å². The molecule has 0 aliphatic carbocycles. The van der Waals surface area contributed by atoms with Crippen molar-refractivity contribution in [1.29, 1.82) is 0 Å². The van der Waals surface area contributed by atoms with Crippen LogP contribution >= 0.6 is 11.6 Å². The topological polar surface area (TPSA) is 78.4 Å². The van der Waals surface area contributed by atoms with Crippen LogP contribution in [0.3, 0.4) is 0 Å². The molecule has 0 radical (unpaired) electrons. The van der Waals surface area contributed by atoms with Crippen LogP contribution in [0.4, 0.5) is 0 Å². The van der Waals surface area contributed by atoms with E-state index in [0.29, 0.717) is 59.0 Å². The second-order valence-corrected chi connectivity index (χ2v) is 9.28. The van der Waals surface area contributed by atoms with Crippen LogP contribution in [-0.2, 0) is 13.2 Å². The molecule has 8 heteroatoms. The Labute approximate surface area is 239 Å². The van der Waals surface area contributed by atoms with Crippen LogP contribution in [0.1, 0.15) is 39.5 Å². The standard InChI is InChI=1S/C32H31ClN2O5/c1-4-38-30-17-25(16-27(33)31(30)40-21-24-12-10-22(2)11-13-24)19-34-35-32(36)26-14-15-28(29(18-26)37-3)39-20-23-8-6-5-7-9-23/h5-19H,4,20-21H2,1-3H3,(H,35,36)/b34-19+. The molecule has 0 bridgehead atoms. The van der Waals surface area contributed by atoms with Crippen molar-refractivity contribution in [3.63, 3.8) is 0 Å². The van der Waals surface area contributed by atoms with Crippen LogP contribution < -0.4 is 24.4 Å². The number of carbonyl (C=O) groups is 1. The van der Waals surface area contributed by atoms with Crippen molar-refractivity contribution in [2.24, 2.45) is 5.10 Å². The van der Waals surface area contributed by atoms with Crippen molar-refractivity contribution in [2.45, 2.75) is 27.1 Å². The number of halogens is 1. The minimum atomic E-state index is -0.404. The fourth-order valence-electron chi connectivity index (χ4n) is 3.80. The quantitative estimate of drug-likeness (QED) is 0.150. The molecule has 0 atom stereocenters. The summed E-state index contributed by atoms with van der Waals surface area (Å²) in [5, 5.41) is 4.47. The zero-order valence-electron chi connectivity index (χ0n) is 22.6. The van der Waals surface area contributed by atoms with E-state index in [4.69, 9.17) is 30.5 Å². The summed E-state index contributed by atoms with van der Waals surface area (Å²) in [4.78, 5) is 12.7. The maximum absolute atomic E-state index is 12.7. The minimum Gasteiger partial charge on any atom is -0.493 e. The van der Waals surface area contributed by atoms with Crippen molar-refractivity contribution in [3.05, 3.63) is 118 Å². The van der Waals surface area contributed by atoms with Gasteiger partial charge in [0.2, 0.25) is 0 Å². The first-order chi connectivity index (χ1) is 19.5. The first-order valence-corrected chi connectivity index (χ1v) is 13.2. The molecule has 1 N–H and O–H groups in total. The lowest BCUT2D eigenvalue weighted by atomic mass is 10.1. The Kier molecular flexibility index (Phi) is 10.0. The Balaban J connectivity index is 1.40. The normalized spacial score (nSPS) is 10.8. The highest BCUT2D eigenvalue weighted by atomic mass is 35.5. The van der Waals surface area contributed by atoms with Gasteiger partial charge in [0.05, 0.1) is 25.0 Å². The summed E-state index contributed by atoms with van der Waals surface area (Å²) in [6, 6.07) is 26.3. The van der Waals surface area contributed by atoms with Gasteiger partial charge in [0.15, 0.2) is 23.0 Å². The number of hydrazone groups is 1. The molecule has 0 saturated heterocycles. The fourth-order valence-corrected chi connectivity index (χ4v) is 4.07. The average Bonchev–Trinajstić information content (AvgIpc) is 2.97. The van der Waals surface area contributed by atoms with Gasteiger partial charge in [0, 0.05) is 5.56 Å². The molecule has 0 aliphatic rings. The van der Waals surface area contributed by atoms with Crippen LogP contribution in [0.15, 0.2) is 90.0 Å². The Morgan fingerprint density at radius 3 is 2.30 bits per heavy atom. The molecular formula is C32H31ClN2O5. The van der Waals surface area contributed by atoms with Crippen LogP contribution in [0.2, 0.25) is 5.02 Å². The molecule has 7 nitrogen and oxygen atoms in total. The Morgan fingerprint density at radius 2 is 1.57 bits per heavy atom. The number of carbonyl (C=O) groups excluding carboxylic acids is 1. The van der Waals surface area contributed by atoms with Gasteiger partial charge < -0.3 is 18.9 Å². The highest BCUT2D eigenvalue weighted by molar-refractivity contribution is 6.32. The van der Waals surface area contributed by atoms with Gasteiger partial charge >= 0.3 is 0 Å². The average molecular weight is 559 g/mol. The number of benzene rings is 4. The van der Waals surface area contributed by atoms with Gasteiger partial charge in [-0.25, -0.2) is 5.43 Å². The summed E-state index contributed by atoms with van der Waals surface area (Å²) in [5.41, 5.74) is 6.76. The van der Waals surface area contributed by atoms with E-state index >= 15 is 0 Å². The number of aryl methyl sites for hydroxylation is 1. The molecule has 40 heavy (non-hydrogen) atoms. The molecule has 0 saturated carbocycles. The number of nitrogens with one attached hydrogen (secondary N) is 1. The van der Waals surface area contributed by atoms with Gasteiger partial charge in [-0.2, -0.15) is 5.10 Å². The number of rotatable bonds is 12. The summed E-state index contributed by atoms with van der Waals surface area (Å²) in [6.45, 7) is 5.08. The summed E-state index contributed by atoms with van der Waals surface area (Å²) in [6.07, 6.45) is 1.49. The van der Waals surface area contributed by atoms with E-state index in [9.17, 15) is 4.79 Å². The van der Waals surface area contributed by atoms with E-state index in [1.807, 2.05) is 68.4 Å². The third-order valence-corrected chi connectivity index (χ3v) is 6.16. The second kappa shape index (κ2) is 14.1. The third kappa shape index (κ3) is 7.77. The lowest BCUT2D eigenvalue weighted by molar-refractivity contribution is 0.0954. The zero-order chi connectivity index (χ0) is 28.3. The van der Waals surface area contributed by atoms with Gasteiger partial charge in [-0.15, -0.1) is 0 Å². The molecule has 0 aliphatic heterocycles. The molecule has 4 rings (SSSR count). The highest BCUT2D eigenvalue weighted by Crippen LogP contribution is 2.37. The molecule has 0 fully saturated rings. The summed E-state index contributed by atoms with van der Waals surface area (Å²) >= 11 is 6.53. The van der Waals surface area contributed by atoms with E-state index in [1.54, 1.807) is 30.3 Å². The lowest BCUT2D eigenvalue weighted by Gasteiger charge is -2.14. The van der Waals surface area contributed by atoms with Crippen molar-refractivity contribution in [2.75, 3.05) is 13.7 Å². The van der Waals surface area contributed by atoms with Crippen LogP contribution in [-0.4, -0.2) is 25.8 Å². The van der Waals surface area contributed by atoms with E-state index in [0.717, 1.165) is 11.1 Å². The third-order valence-electron chi connectivity index (χ3n) is 5.88. The molecule has 1 amide bonds. The number of hydrogen-bond acceptors (Lipinski definition) is 6. The number of nitrogens with zero attached hydrogens (tertiary/aromatic N) is 1. The molecule has 0 aromatic heterocycles. The Hall–Kier alpha value is -4.49. The maximum atomic E-state index is 12.7. The molecular weight excluding hydrogens is 528 g/mol. The van der Waals surface area contributed by atoms with Crippen molar-refractivity contribution in [1.82, 2.24) is 5.43 Å². The van der Waals surface area contributed by atoms with E-state index in [2.05, 4.69) is 10.5 Å². The number of hydrogen-bond donors (Lipinski definition) is 1. The SMILES string of the molecule is CCOc1cc(/C=N/NC(=O)c2ccc(OCc3ccccc3)c(OC)c2)cc(Cl)c1OCc1ccc(C)cc1. The van der Waals surface area contributed by atoms with Gasteiger partial charge in [0.1, 0.15) is 13.2 Å².